The molecule has 2 heterocycles. The van der Waals surface area contributed by atoms with Gasteiger partial charge in [-0.1, -0.05) is 60.7 Å². The third-order valence-corrected chi connectivity index (χ3v) is 8.38. The van der Waals surface area contributed by atoms with Gasteiger partial charge in [-0.2, -0.15) is 30.9 Å². The van der Waals surface area contributed by atoms with Crippen molar-refractivity contribution in [2.45, 2.75) is 56.4 Å². The first-order chi connectivity index (χ1) is 24.6. The van der Waals surface area contributed by atoms with Crippen LogP contribution in [0, 0.1) is 10.1 Å². The second kappa shape index (κ2) is 15.5. The molecule has 0 spiro atoms. The molecular formula is C32H29F6N6O8-. The lowest BCUT2D eigenvalue weighted by Crippen LogP contribution is -2.54. The molecule has 1 saturated heterocycles. The first-order valence-corrected chi connectivity index (χ1v) is 15.4. The van der Waals surface area contributed by atoms with E-state index in [0.29, 0.717) is 23.3 Å². The molecule has 3 aromatic carbocycles. The van der Waals surface area contributed by atoms with Crippen molar-refractivity contribution in [3.8, 4) is 0 Å². The zero-order valence-electron chi connectivity index (χ0n) is 27.0. The molecule has 1 N–H and O–H groups in total. The topological polar surface area (TPSA) is 165 Å². The van der Waals surface area contributed by atoms with Crippen LogP contribution in [0.5, 0.6) is 0 Å². The fourth-order valence-electron chi connectivity index (χ4n) is 5.75. The molecule has 1 aliphatic heterocycles. The highest BCUT2D eigenvalue weighted by atomic mass is 19.4. The summed E-state index contributed by atoms with van der Waals surface area (Å²) in [5.41, 5.74) is -0.848. The Bertz CT molecular complexity index is 1870. The molecule has 0 unspecified atom stereocenters. The molecule has 0 aliphatic carbocycles. The molecule has 1 aromatic heterocycles. The molecule has 5 rings (SSSR count). The van der Waals surface area contributed by atoms with Gasteiger partial charge in [-0.25, -0.2) is 9.59 Å². The van der Waals surface area contributed by atoms with Gasteiger partial charge in [0.1, 0.15) is 6.61 Å². The number of aromatic nitrogens is 3. The number of carbonyl (C=O) groups is 1. The molecule has 0 radical (unpaired) electrons. The maximum atomic E-state index is 13.6. The Labute approximate surface area is 289 Å². The summed E-state index contributed by atoms with van der Waals surface area (Å²) in [5, 5.41) is 18.3. The number of H-pyrrole nitrogens is 1. The third-order valence-electron chi connectivity index (χ3n) is 8.38. The molecule has 14 nitrogen and oxygen atoms in total. The maximum Gasteiger partial charge on any atom is 0.539 e. The van der Waals surface area contributed by atoms with E-state index in [1.807, 2.05) is 5.10 Å². The van der Waals surface area contributed by atoms with Gasteiger partial charge in [-0.3, -0.25) is 9.88 Å². The maximum absolute atomic E-state index is 13.6. The highest BCUT2D eigenvalue weighted by Crippen LogP contribution is 2.45. The van der Waals surface area contributed by atoms with Crippen LogP contribution in [0.15, 0.2) is 83.7 Å². The second-order valence-electron chi connectivity index (χ2n) is 11.7. The van der Waals surface area contributed by atoms with Crippen molar-refractivity contribution in [1.82, 2.24) is 19.8 Å². The Balaban J connectivity index is 1.45. The van der Waals surface area contributed by atoms with Crippen LogP contribution in [0.1, 0.15) is 59.7 Å². The lowest BCUT2D eigenvalue weighted by atomic mass is 9.80. The van der Waals surface area contributed by atoms with Gasteiger partial charge in [-0.15, -0.1) is 5.10 Å². The van der Waals surface area contributed by atoms with Crippen LogP contribution in [-0.4, -0.2) is 44.0 Å². The van der Waals surface area contributed by atoms with Crippen molar-refractivity contribution >= 4 is 12.1 Å². The largest absolute Gasteiger partial charge is 0.539 e. The smallest absolute Gasteiger partial charge is 0.427 e. The first-order valence-electron chi connectivity index (χ1n) is 15.4. The number of carbonyl (C=O) groups excluding carboxylic acids is 1. The van der Waals surface area contributed by atoms with Gasteiger partial charge < -0.3 is 30.2 Å². The molecule has 1 aliphatic rings. The monoisotopic (exact) mass is 739 g/mol. The summed E-state index contributed by atoms with van der Waals surface area (Å²) in [4.78, 5) is 45.3. The van der Waals surface area contributed by atoms with E-state index in [0.717, 1.165) is 9.58 Å². The number of nitrogens with one attached hydrogen (secondary N) is 1. The van der Waals surface area contributed by atoms with Crippen molar-refractivity contribution in [2.75, 3.05) is 13.2 Å². The predicted octanol–water partition coefficient (Wildman–Crippen LogP) is 7.32. The van der Waals surface area contributed by atoms with E-state index in [2.05, 4.69) is 15.6 Å². The van der Waals surface area contributed by atoms with E-state index < -0.39 is 76.1 Å². The number of rotatable bonds is 12. The SMILES string of the molecule is C[C@@H](OC[C@@]1(c2ccccc2)CC[C@H](n2c([N+](=O)[O-])n[nH]c2=O)CN1[N-]OOC(=O)OCc1ccccc1)c1cc(C(F)(F)F)cc(C(F)(F)F)c1. The lowest BCUT2D eigenvalue weighted by molar-refractivity contribution is -0.397. The number of hydrogen-bond donors (Lipinski definition) is 1. The van der Waals surface area contributed by atoms with E-state index in [-0.39, 0.29) is 32.1 Å². The second-order valence-corrected chi connectivity index (χ2v) is 11.7. The number of alkyl halides is 6. The van der Waals surface area contributed by atoms with Gasteiger partial charge in [0.2, 0.25) is 0 Å². The zero-order chi connectivity index (χ0) is 37.7. The van der Waals surface area contributed by atoms with Crippen LogP contribution in [0.3, 0.4) is 0 Å². The normalized spacial score (nSPS) is 18.9. The van der Waals surface area contributed by atoms with Crippen LogP contribution in [-0.2, 0) is 43.8 Å². The summed E-state index contributed by atoms with van der Waals surface area (Å²) in [7, 11) is 0. The molecule has 0 bridgehead atoms. The molecule has 4 aromatic rings. The van der Waals surface area contributed by atoms with Crippen molar-refractivity contribution in [1.29, 1.82) is 0 Å². The van der Waals surface area contributed by atoms with Crippen molar-refractivity contribution in [3.63, 3.8) is 0 Å². The molecular weight excluding hydrogens is 710 g/mol. The average molecular weight is 740 g/mol. The Morgan fingerprint density at radius 3 is 2.25 bits per heavy atom. The fraction of sp³-hybridized carbons (Fsp3) is 0.344. The number of benzene rings is 3. The van der Waals surface area contributed by atoms with Gasteiger partial charge in [0, 0.05) is 11.6 Å². The minimum Gasteiger partial charge on any atom is -0.427 e. The van der Waals surface area contributed by atoms with Crippen molar-refractivity contribution in [2.24, 2.45) is 0 Å². The van der Waals surface area contributed by atoms with Gasteiger partial charge in [0.05, 0.1) is 35.4 Å². The Morgan fingerprint density at radius 1 is 1.04 bits per heavy atom. The summed E-state index contributed by atoms with van der Waals surface area (Å²) >= 11 is 0. The third kappa shape index (κ3) is 8.76. The quantitative estimate of drug-likeness (QED) is 0.0512. The van der Waals surface area contributed by atoms with Gasteiger partial charge in [0.25, 0.3) is 0 Å². The fourth-order valence-corrected chi connectivity index (χ4v) is 5.75. The minimum absolute atomic E-state index is 0.00274. The number of ether oxygens (including phenoxy) is 2. The number of nitrogens with zero attached hydrogens (tertiary/aromatic N) is 5. The Kier molecular flexibility index (Phi) is 11.3. The number of aromatic amines is 1. The van der Waals surface area contributed by atoms with Gasteiger partial charge in [-0.05, 0) is 59.6 Å². The standard InChI is InChI=1S/C32H29F6N6O8/c1-20(22-14-24(31(33,34)35)16-25(15-22)32(36,37)38)50-19-30(23-10-6-3-7-11-23)13-12-26(43-27(44(47)48)39-40-28(43)45)17-42(30)41-52-51-29(46)49-18-21-8-4-2-5-9-21/h2-11,14-16,20,26H,12-13,17-19H2,1H3,(H,40,45)/q-1/t20-,26+,30-/m1/s1. The van der Waals surface area contributed by atoms with Crippen LogP contribution in [0.4, 0.5) is 37.1 Å². The summed E-state index contributed by atoms with van der Waals surface area (Å²) in [6.45, 7) is 0.263. The van der Waals surface area contributed by atoms with Gasteiger partial charge in [0.15, 0.2) is 0 Å². The molecule has 278 valence electrons. The molecule has 52 heavy (non-hydrogen) atoms. The van der Waals surface area contributed by atoms with E-state index in [9.17, 15) is 46.0 Å². The van der Waals surface area contributed by atoms with Crippen LogP contribution in [0.2, 0.25) is 0 Å². The predicted molar refractivity (Wildman–Crippen MR) is 166 cm³/mol. The average Bonchev–Trinajstić information content (AvgIpc) is 3.51. The summed E-state index contributed by atoms with van der Waals surface area (Å²) in [6.07, 6.45) is -12.9. The zero-order valence-corrected chi connectivity index (χ0v) is 27.0. The highest BCUT2D eigenvalue weighted by molar-refractivity contribution is 5.59. The van der Waals surface area contributed by atoms with Crippen molar-refractivity contribution in [3.05, 3.63) is 133 Å². The van der Waals surface area contributed by atoms with Crippen LogP contribution in [0.25, 0.3) is 5.59 Å². The molecule has 1 fully saturated rings. The number of hydrogen-bond acceptors (Lipinski definition) is 10. The van der Waals surface area contributed by atoms with Crippen LogP contribution >= 0.6 is 0 Å². The number of nitro groups is 1. The van der Waals surface area contributed by atoms with Crippen molar-refractivity contribution < 1.29 is 55.4 Å². The van der Waals surface area contributed by atoms with E-state index in [1.165, 1.54) is 6.92 Å². The molecule has 0 saturated carbocycles. The highest BCUT2D eigenvalue weighted by Gasteiger charge is 2.44. The van der Waals surface area contributed by atoms with E-state index in [4.69, 9.17) is 14.5 Å². The summed E-state index contributed by atoms with van der Waals surface area (Å²) < 4.78 is 93.5. The summed E-state index contributed by atoms with van der Waals surface area (Å²) in [6, 6.07) is 16.9. The van der Waals surface area contributed by atoms with E-state index in [1.54, 1.807) is 60.7 Å². The Morgan fingerprint density at radius 2 is 1.65 bits per heavy atom. The number of piperidine rings is 1. The summed E-state index contributed by atoms with van der Waals surface area (Å²) in [5.74, 6) is -0.807. The van der Waals surface area contributed by atoms with E-state index >= 15 is 0 Å². The molecule has 20 heteroatoms. The first kappa shape index (κ1) is 37.9. The number of halogens is 6. The van der Waals surface area contributed by atoms with Gasteiger partial charge >= 0.3 is 30.1 Å². The molecule has 0 amide bonds. The van der Waals surface area contributed by atoms with Crippen LogP contribution < -0.4 is 5.69 Å². The molecule has 3 atom stereocenters. The lowest BCUT2D eigenvalue weighted by Gasteiger charge is -2.55. The Hall–Kier alpha value is -5.31. The minimum atomic E-state index is -5.09.